The molecule has 0 amide bonds. The molecule has 5 nitrogen and oxygen atoms in total. The molecular weight excluding hydrogens is 254 g/mol. The molecule has 1 N–H and O–H groups in total. The van der Waals surface area contributed by atoms with Crippen LogP contribution >= 0.6 is 0 Å². The predicted molar refractivity (Wildman–Crippen MR) is 76.2 cm³/mol. The minimum Gasteiger partial charge on any atom is -0.486 e. The third kappa shape index (κ3) is 2.36. The van der Waals surface area contributed by atoms with Crippen LogP contribution in [-0.2, 0) is 7.05 Å². The van der Waals surface area contributed by atoms with Crippen molar-refractivity contribution in [3.05, 3.63) is 41.7 Å². The molecule has 3 rings (SSSR count). The van der Waals surface area contributed by atoms with E-state index in [0.717, 1.165) is 29.3 Å². The van der Waals surface area contributed by atoms with Crippen LogP contribution in [0.3, 0.4) is 0 Å². The fourth-order valence-corrected chi connectivity index (χ4v) is 2.50. The van der Waals surface area contributed by atoms with Crippen molar-refractivity contribution in [3.8, 4) is 11.5 Å². The normalized spacial score (nSPS) is 15.1. The van der Waals surface area contributed by atoms with Crippen LogP contribution in [0.4, 0.5) is 0 Å². The number of nitrogens with one attached hydrogen (secondary N) is 1. The molecule has 1 atom stereocenters. The topological polar surface area (TPSA) is 48.3 Å². The van der Waals surface area contributed by atoms with Gasteiger partial charge in [0.05, 0.1) is 11.7 Å². The van der Waals surface area contributed by atoms with E-state index in [2.05, 4.69) is 29.5 Å². The second-order valence-corrected chi connectivity index (χ2v) is 4.77. The van der Waals surface area contributed by atoms with Gasteiger partial charge in [0.25, 0.3) is 0 Å². The van der Waals surface area contributed by atoms with E-state index in [1.54, 1.807) is 0 Å². The monoisotopic (exact) mass is 273 g/mol. The molecule has 1 aromatic heterocycles. The van der Waals surface area contributed by atoms with Crippen LogP contribution in [0.2, 0.25) is 0 Å². The van der Waals surface area contributed by atoms with Gasteiger partial charge in [-0.1, -0.05) is 13.0 Å². The summed E-state index contributed by atoms with van der Waals surface area (Å²) in [5.74, 6) is 1.64. The van der Waals surface area contributed by atoms with E-state index in [1.807, 2.05) is 30.1 Å². The number of ether oxygens (including phenoxy) is 2. The number of aryl methyl sites for hydroxylation is 1. The van der Waals surface area contributed by atoms with Gasteiger partial charge in [0.1, 0.15) is 13.2 Å². The molecule has 0 bridgehead atoms. The molecule has 0 fully saturated rings. The van der Waals surface area contributed by atoms with Gasteiger partial charge < -0.3 is 14.8 Å². The van der Waals surface area contributed by atoms with Gasteiger partial charge in [0.2, 0.25) is 0 Å². The summed E-state index contributed by atoms with van der Waals surface area (Å²) in [6.07, 6.45) is 1.82. The van der Waals surface area contributed by atoms with Gasteiger partial charge in [-0.25, -0.2) is 0 Å². The lowest BCUT2D eigenvalue weighted by molar-refractivity contribution is 0.171. The Bertz CT molecular complexity index is 595. The van der Waals surface area contributed by atoms with Crippen LogP contribution in [0.15, 0.2) is 30.5 Å². The van der Waals surface area contributed by atoms with Gasteiger partial charge in [-0.15, -0.1) is 0 Å². The average molecular weight is 273 g/mol. The van der Waals surface area contributed by atoms with Crippen LogP contribution in [0.25, 0.3) is 0 Å². The minimum absolute atomic E-state index is 0.100. The molecule has 0 radical (unpaired) electrons. The highest BCUT2D eigenvalue weighted by atomic mass is 16.6. The summed E-state index contributed by atoms with van der Waals surface area (Å²) in [4.78, 5) is 0. The van der Waals surface area contributed by atoms with Crippen molar-refractivity contribution >= 4 is 0 Å². The summed E-state index contributed by atoms with van der Waals surface area (Å²) >= 11 is 0. The van der Waals surface area contributed by atoms with Crippen molar-refractivity contribution in [1.82, 2.24) is 15.1 Å². The van der Waals surface area contributed by atoms with Crippen molar-refractivity contribution in [2.24, 2.45) is 7.05 Å². The SMILES string of the molecule is CCNC(c1ccc2c(c1)OCCO2)c1ccnn1C. The molecule has 1 unspecified atom stereocenters. The number of aromatic nitrogens is 2. The average Bonchev–Trinajstić information content (AvgIpc) is 2.90. The number of rotatable bonds is 4. The van der Waals surface area contributed by atoms with Crippen molar-refractivity contribution in [3.63, 3.8) is 0 Å². The van der Waals surface area contributed by atoms with Gasteiger partial charge in [-0.05, 0) is 30.3 Å². The summed E-state index contributed by atoms with van der Waals surface area (Å²) in [7, 11) is 1.96. The second-order valence-electron chi connectivity index (χ2n) is 4.77. The Morgan fingerprint density at radius 1 is 1.25 bits per heavy atom. The lowest BCUT2D eigenvalue weighted by Crippen LogP contribution is -2.24. The molecular formula is C15H19N3O2. The van der Waals surface area contributed by atoms with Gasteiger partial charge in [-0.3, -0.25) is 4.68 Å². The molecule has 106 valence electrons. The van der Waals surface area contributed by atoms with Gasteiger partial charge in [0, 0.05) is 13.2 Å². The summed E-state index contributed by atoms with van der Waals surface area (Å²) in [6.45, 7) is 4.20. The molecule has 2 heterocycles. The maximum atomic E-state index is 5.66. The summed E-state index contributed by atoms with van der Waals surface area (Å²) < 4.78 is 13.1. The van der Waals surface area contributed by atoms with Crippen LogP contribution in [0, 0.1) is 0 Å². The van der Waals surface area contributed by atoms with Crippen molar-refractivity contribution in [2.45, 2.75) is 13.0 Å². The summed E-state index contributed by atoms with van der Waals surface area (Å²) in [5, 5.41) is 7.75. The highest BCUT2D eigenvalue weighted by molar-refractivity contribution is 5.46. The van der Waals surface area contributed by atoms with Crippen molar-refractivity contribution < 1.29 is 9.47 Å². The fraction of sp³-hybridized carbons (Fsp3) is 0.400. The molecule has 0 spiro atoms. The fourth-order valence-electron chi connectivity index (χ4n) is 2.50. The Morgan fingerprint density at radius 3 is 2.75 bits per heavy atom. The molecule has 0 saturated carbocycles. The zero-order valence-corrected chi connectivity index (χ0v) is 11.8. The molecule has 2 aromatic rings. The molecule has 1 aromatic carbocycles. The van der Waals surface area contributed by atoms with Crippen LogP contribution < -0.4 is 14.8 Å². The van der Waals surface area contributed by atoms with Gasteiger partial charge in [-0.2, -0.15) is 5.10 Å². The summed E-state index contributed by atoms with van der Waals surface area (Å²) in [5.41, 5.74) is 2.28. The van der Waals surface area contributed by atoms with Crippen molar-refractivity contribution in [2.75, 3.05) is 19.8 Å². The highest BCUT2D eigenvalue weighted by Gasteiger charge is 2.19. The van der Waals surface area contributed by atoms with E-state index in [9.17, 15) is 0 Å². The predicted octanol–water partition coefficient (Wildman–Crippen LogP) is 1.89. The molecule has 20 heavy (non-hydrogen) atoms. The Hall–Kier alpha value is -2.01. The third-order valence-corrected chi connectivity index (χ3v) is 3.46. The molecule has 1 aliphatic heterocycles. The Morgan fingerprint density at radius 2 is 2.05 bits per heavy atom. The smallest absolute Gasteiger partial charge is 0.161 e. The molecule has 1 aliphatic rings. The second kappa shape index (κ2) is 5.54. The lowest BCUT2D eigenvalue weighted by Gasteiger charge is -2.23. The quantitative estimate of drug-likeness (QED) is 0.924. The highest BCUT2D eigenvalue weighted by Crippen LogP contribution is 2.34. The van der Waals surface area contributed by atoms with E-state index in [0.29, 0.717) is 13.2 Å². The zero-order valence-electron chi connectivity index (χ0n) is 11.8. The van der Waals surface area contributed by atoms with Crippen LogP contribution in [0.1, 0.15) is 24.2 Å². The standard InChI is InChI=1S/C15H19N3O2/c1-3-16-15(12-6-7-17-18(12)2)11-4-5-13-14(10-11)20-9-8-19-13/h4-7,10,15-16H,3,8-9H2,1-2H3. The van der Waals surface area contributed by atoms with Gasteiger partial charge >= 0.3 is 0 Å². The minimum atomic E-state index is 0.100. The summed E-state index contributed by atoms with van der Waals surface area (Å²) in [6, 6.07) is 8.24. The first-order valence-electron chi connectivity index (χ1n) is 6.90. The maximum Gasteiger partial charge on any atom is 0.161 e. The molecule has 5 heteroatoms. The first kappa shape index (κ1) is 13.0. The number of benzene rings is 1. The largest absolute Gasteiger partial charge is 0.486 e. The van der Waals surface area contributed by atoms with E-state index in [1.165, 1.54) is 0 Å². The first-order valence-corrected chi connectivity index (χ1v) is 6.90. The lowest BCUT2D eigenvalue weighted by atomic mass is 10.0. The van der Waals surface area contributed by atoms with E-state index in [4.69, 9.17) is 9.47 Å². The Balaban J connectivity index is 1.97. The van der Waals surface area contributed by atoms with E-state index < -0.39 is 0 Å². The van der Waals surface area contributed by atoms with Crippen molar-refractivity contribution in [1.29, 1.82) is 0 Å². The van der Waals surface area contributed by atoms with E-state index in [-0.39, 0.29) is 6.04 Å². The molecule has 0 aliphatic carbocycles. The maximum absolute atomic E-state index is 5.66. The zero-order chi connectivity index (χ0) is 13.9. The number of hydrogen-bond donors (Lipinski definition) is 1. The van der Waals surface area contributed by atoms with E-state index >= 15 is 0 Å². The number of fused-ring (bicyclic) bond motifs is 1. The van der Waals surface area contributed by atoms with Gasteiger partial charge in [0.15, 0.2) is 11.5 Å². The first-order chi connectivity index (χ1) is 9.79. The van der Waals surface area contributed by atoms with Crippen LogP contribution in [-0.4, -0.2) is 29.5 Å². The molecule has 0 saturated heterocycles. The number of hydrogen-bond acceptors (Lipinski definition) is 4. The number of nitrogens with zero attached hydrogens (tertiary/aromatic N) is 2. The third-order valence-electron chi connectivity index (χ3n) is 3.46. The Labute approximate surface area is 118 Å². The Kier molecular flexibility index (Phi) is 3.60. The van der Waals surface area contributed by atoms with Crippen LogP contribution in [0.5, 0.6) is 11.5 Å².